The van der Waals surface area contributed by atoms with Crippen molar-refractivity contribution in [3.05, 3.63) is 58.3 Å². The van der Waals surface area contributed by atoms with Gasteiger partial charge in [-0.3, -0.25) is 4.79 Å². The number of halogens is 1. The van der Waals surface area contributed by atoms with E-state index in [1.165, 1.54) is 11.2 Å². The minimum absolute atomic E-state index is 0.116. The molecule has 2 aromatic heterocycles. The van der Waals surface area contributed by atoms with E-state index in [0.29, 0.717) is 16.4 Å². The topological polar surface area (TPSA) is 71.8 Å². The number of nitrogens with zero attached hydrogens (tertiary/aromatic N) is 3. The Morgan fingerprint density at radius 2 is 2.29 bits per heavy atom. The van der Waals surface area contributed by atoms with E-state index < -0.39 is 0 Å². The monoisotopic (exact) mass is 361 g/mol. The van der Waals surface area contributed by atoms with Gasteiger partial charge in [-0.25, -0.2) is 9.67 Å². The molecule has 0 aliphatic rings. The van der Waals surface area contributed by atoms with Gasteiger partial charge in [0.15, 0.2) is 0 Å². The van der Waals surface area contributed by atoms with Crippen LogP contribution >= 0.6 is 22.9 Å². The third-order valence-electron chi connectivity index (χ3n) is 3.44. The lowest BCUT2D eigenvalue weighted by Gasteiger charge is -2.14. The number of carbonyl (C=O) groups is 1. The molecule has 0 saturated carbocycles. The standard InChI is InChI=1S/C16H16ClN5OS/c1-11(15-3-2-6-24-15)19-8-16(23)21-13-7-12(17)4-5-14(13)22-10-18-9-20-22/h2-7,9-11,19H,8H2,1H3,(H,21,23)/t11-/m1/s1. The zero-order valence-corrected chi connectivity index (χ0v) is 14.5. The van der Waals surface area contributed by atoms with E-state index in [2.05, 4.69) is 20.7 Å². The van der Waals surface area contributed by atoms with Crippen LogP contribution in [0.15, 0.2) is 48.4 Å². The van der Waals surface area contributed by atoms with Crippen LogP contribution < -0.4 is 10.6 Å². The van der Waals surface area contributed by atoms with Gasteiger partial charge in [0.2, 0.25) is 5.91 Å². The van der Waals surface area contributed by atoms with Crippen LogP contribution in [0.5, 0.6) is 0 Å². The second kappa shape index (κ2) is 7.57. The van der Waals surface area contributed by atoms with Gasteiger partial charge < -0.3 is 10.6 Å². The quantitative estimate of drug-likeness (QED) is 0.706. The molecular formula is C16H16ClN5OS. The molecule has 24 heavy (non-hydrogen) atoms. The molecule has 124 valence electrons. The molecule has 3 rings (SSSR count). The Kier molecular flexibility index (Phi) is 5.24. The summed E-state index contributed by atoms with van der Waals surface area (Å²) in [4.78, 5) is 17.4. The maximum atomic E-state index is 12.3. The molecule has 0 aliphatic heterocycles. The molecular weight excluding hydrogens is 346 g/mol. The van der Waals surface area contributed by atoms with Gasteiger partial charge in [-0.2, -0.15) is 5.10 Å². The van der Waals surface area contributed by atoms with Gasteiger partial charge in [0.1, 0.15) is 12.7 Å². The number of hydrogen-bond acceptors (Lipinski definition) is 5. The van der Waals surface area contributed by atoms with Crippen LogP contribution in [0.3, 0.4) is 0 Å². The minimum atomic E-state index is -0.151. The molecule has 0 bridgehead atoms. The average molecular weight is 362 g/mol. The molecule has 1 aromatic carbocycles. The van der Waals surface area contributed by atoms with Crippen LogP contribution in [0.25, 0.3) is 5.69 Å². The van der Waals surface area contributed by atoms with Crippen LogP contribution in [-0.2, 0) is 4.79 Å². The van der Waals surface area contributed by atoms with E-state index in [9.17, 15) is 4.79 Å². The lowest BCUT2D eigenvalue weighted by atomic mass is 10.2. The van der Waals surface area contributed by atoms with Crippen molar-refractivity contribution in [1.82, 2.24) is 20.1 Å². The number of benzene rings is 1. The summed E-state index contributed by atoms with van der Waals surface area (Å²) in [5.41, 5.74) is 1.29. The lowest BCUT2D eigenvalue weighted by Crippen LogP contribution is -2.30. The first-order valence-corrected chi connectivity index (χ1v) is 8.60. The summed E-state index contributed by atoms with van der Waals surface area (Å²) in [5, 5.41) is 12.7. The van der Waals surface area contributed by atoms with Crippen LogP contribution in [0, 0.1) is 0 Å². The van der Waals surface area contributed by atoms with Gasteiger partial charge >= 0.3 is 0 Å². The van der Waals surface area contributed by atoms with Crippen LogP contribution in [-0.4, -0.2) is 27.2 Å². The van der Waals surface area contributed by atoms with Crippen molar-refractivity contribution in [2.24, 2.45) is 0 Å². The fourth-order valence-electron chi connectivity index (χ4n) is 2.22. The van der Waals surface area contributed by atoms with Gasteiger partial charge in [0.25, 0.3) is 0 Å². The van der Waals surface area contributed by atoms with E-state index in [0.717, 1.165) is 0 Å². The summed E-state index contributed by atoms with van der Waals surface area (Å²) < 4.78 is 1.58. The first-order chi connectivity index (χ1) is 11.6. The molecule has 6 nitrogen and oxygen atoms in total. The fraction of sp³-hybridized carbons (Fsp3) is 0.188. The first kappa shape index (κ1) is 16.6. The second-order valence-electron chi connectivity index (χ2n) is 5.17. The van der Waals surface area contributed by atoms with E-state index >= 15 is 0 Å². The molecule has 0 spiro atoms. The van der Waals surface area contributed by atoms with Gasteiger partial charge in [-0.1, -0.05) is 17.7 Å². The number of rotatable bonds is 6. The smallest absolute Gasteiger partial charge is 0.238 e. The van der Waals surface area contributed by atoms with Gasteiger partial charge in [-0.15, -0.1) is 11.3 Å². The third kappa shape index (κ3) is 4.00. The number of carbonyl (C=O) groups excluding carboxylic acids is 1. The summed E-state index contributed by atoms with van der Waals surface area (Å²) in [6, 6.07) is 9.37. The number of anilines is 1. The highest BCUT2D eigenvalue weighted by Gasteiger charge is 2.12. The van der Waals surface area contributed by atoms with Crippen molar-refractivity contribution >= 4 is 34.5 Å². The normalized spacial score (nSPS) is 12.1. The Morgan fingerprint density at radius 3 is 3.00 bits per heavy atom. The maximum Gasteiger partial charge on any atom is 0.238 e. The zero-order valence-electron chi connectivity index (χ0n) is 12.9. The summed E-state index contributed by atoms with van der Waals surface area (Å²) in [6.45, 7) is 2.22. The number of amides is 1. The summed E-state index contributed by atoms with van der Waals surface area (Å²) in [6.07, 6.45) is 3.00. The highest BCUT2D eigenvalue weighted by Crippen LogP contribution is 2.24. The predicted octanol–water partition coefficient (Wildman–Crippen LogP) is 3.27. The van der Waals surface area contributed by atoms with Crippen LogP contribution in [0.1, 0.15) is 17.8 Å². The highest BCUT2D eigenvalue weighted by molar-refractivity contribution is 7.10. The van der Waals surface area contributed by atoms with E-state index in [-0.39, 0.29) is 18.5 Å². The molecule has 1 atom stereocenters. The van der Waals surface area contributed by atoms with E-state index in [4.69, 9.17) is 11.6 Å². The number of thiophene rings is 1. The fourth-order valence-corrected chi connectivity index (χ4v) is 3.15. The number of aromatic nitrogens is 3. The molecule has 2 heterocycles. The Labute approximate surface area is 148 Å². The van der Waals surface area contributed by atoms with E-state index in [1.54, 1.807) is 40.5 Å². The molecule has 2 N–H and O–H groups in total. The zero-order chi connectivity index (χ0) is 16.9. The minimum Gasteiger partial charge on any atom is -0.323 e. The van der Waals surface area contributed by atoms with Crippen LogP contribution in [0.4, 0.5) is 5.69 Å². The van der Waals surface area contributed by atoms with Crippen molar-refractivity contribution in [1.29, 1.82) is 0 Å². The first-order valence-electron chi connectivity index (χ1n) is 7.34. The Hall–Kier alpha value is -2.22. The molecule has 0 fully saturated rings. The maximum absolute atomic E-state index is 12.3. The Balaban J connectivity index is 1.67. The molecule has 0 unspecified atom stereocenters. The number of nitrogens with one attached hydrogen (secondary N) is 2. The Morgan fingerprint density at radius 1 is 1.42 bits per heavy atom. The highest BCUT2D eigenvalue weighted by atomic mass is 35.5. The third-order valence-corrected chi connectivity index (χ3v) is 4.73. The van der Waals surface area contributed by atoms with Crippen molar-refractivity contribution < 1.29 is 4.79 Å². The van der Waals surface area contributed by atoms with Crippen molar-refractivity contribution in [3.63, 3.8) is 0 Å². The second-order valence-corrected chi connectivity index (χ2v) is 6.58. The molecule has 0 aliphatic carbocycles. The molecule has 1 amide bonds. The Bertz CT molecular complexity index is 804. The molecule has 0 radical (unpaired) electrons. The average Bonchev–Trinajstić information content (AvgIpc) is 3.26. The van der Waals surface area contributed by atoms with Crippen molar-refractivity contribution in [2.45, 2.75) is 13.0 Å². The van der Waals surface area contributed by atoms with Crippen molar-refractivity contribution in [3.8, 4) is 5.69 Å². The SMILES string of the molecule is C[C@@H](NCC(=O)Nc1cc(Cl)ccc1-n1cncn1)c1cccs1. The van der Waals surface area contributed by atoms with Gasteiger partial charge in [0, 0.05) is 15.9 Å². The van der Waals surface area contributed by atoms with Crippen LogP contribution in [0.2, 0.25) is 5.02 Å². The summed E-state index contributed by atoms with van der Waals surface area (Å²) >= 11 is 7.71. The lowest BCUT2D eigenvalue weighted by molar-refractivity contribution is -0.115. The predicted molar refractivity (Wildman–Crippen MR) is 95.7 cm³/mol. The molecule has 3 aromatic rings. The summed E-state index contributed by atoms with van der Waals surface area (Å²) in [7, 11) is 0. The van der Waals surface area contributed by atoms with E-state index in [1.807, 2.05) is 24.4 Å². The van der Waals surface area contributed by atoms with Gasteiger partial charge in [-0.05, 0) is 36.6 Å². The van der Waals surface area contributed by atoms with Crippen molar-refractivity contribution in [2.75, 3.05) is 11.9 Å². The molecule has 8 heteroatoms. The van der Waals surface area contributed by atoms with Gasteiger partial charge in [0.05, 0.1) is 17.9 Å². The summed E-state index contributed by atoms with van der Waals surface area (Å²) in [5.74, 6) is -0.151. The molecule has 0 saturated heterocycles. The largest absolute Gasteiger partial charge is 0.323 e. The number of hydrogen-bond donors (Lipinski definition) is 2.